The summed E-state index contributed by atoms with van der Waals surface area (Å²) < 4.78 is 0. The van der Waals surface area contributed by atoms with Gasteiger partial charge in [-0.05, 0) is 11.6 Å². The highest BCUT2D eigenvalue weighted by atomic mass is 35.5. The van der Waals surface area contributed by atoms with Crippen LogP contribution in [0.15, 0.2) is 41.4 Å². The molecule has 0 aromatic heterocycles. The fourth-order valence-corrected chi connectivity index (χ4v) is 1.77. The molecule has 0 bridgehead atoms. The minimum Gasteiger partial charge on any atom is -0.378 e. The smallest absolute Gasteiger partial charge is 0.159 e. The zero-order valence-electron chi connectivity index (χ0n) is 7.51. The SMILES string of the molecule is Cl.NC1=NC(c2ccccc2)=CCS1. The molecule has 0 radical (unpaired) electrons. The van der Waals surface area contributed by atoms with Crippen LogP contribution < -0.4 is 5.73 Å². The standard InChI is InChI=1S/C10H10N2S.ClH/c11-10-12-9(6-7-13-10)8-4-2-1-3-5-8;/h1-6H,7H2,(H2,11,12);1H. The van der Waals surface area contributed by atoms with E-state index in [2.05, 4.69) is 11.1 Å². The summed E-state index contributed by atoms with van der Waals surface area (Å²) in [5.41, 5.74) is 7.75. The summed E-state index contributed by atoms with van der Waals surface area (Å²) in [7, 11) is 0. The predicted molar refractivity (Wildman–Crippen MR) is 65.7 cm³/mol. The number of thioether (sulfide) groups is 1. The van der Waals surface area contributed by atoms with Gasteiger partial charge in [0.15, 0.2) is 5.17 Å². The van der Waals surface area contributed by atoms with Gasteiger partial charge in [-0.25, -0.2) is 4.99 Å². The van der Waals surface area contributed by atoms with Crippen molar-refractivity contribution in [2.45, 2.75) is 0 Å². The number of halogens is 1. The Morgan fingerprint density at radius 3 is 2.57 bits per heavy atom. The summed E-state index contributed by atoms with van der Waals surface area (Å²) in [5, 5.41) is 0.654. The van der Waals surface area contributed by atoms with Crippen LogP contribution in [0.4, 0.5) is 0 Å². The van der Waals surface area contributed by atoms with E-state index < -0.39 is 0 Å². The molecule has 1 aliphatic heterocycles. The normalized spacial score (nSPS) is 15.1. The number of benzene rings is 1. The van der Waals surface area contributed by atoms with Crippen LogP contribution in [-0.2, 0) is 0 Å². The molecule has 1 aromatic carbocycles. The van der Waals surface area contributed by atoms with Crippen molar-refractivity contribution in [1.82, 2.24) is 0 Å². The molecule has 1 aromatic rings. The Balaban J connectivity index is 0.000000980. The summed E-state index contributed by atoms with van der Waals surface area (Å²) in [6.45, 7) is 0. The molecular formula is C10H11ClN2S. The second-order valence-electron chi connectivity index (χ2n) is 2.72. The molecule has 14 heavy (non-hydrogen) atoms. The number of nitrogens with two attached hydrogens (primary N) is 1. The molecule has 1 heterocycles. The first-order valence-electron chi connectivity index (χ1n) is 4.09. The maximum absolute atomic E-state index is 5.63. The Morgan fingerprint density at radius 2 is 1.93 bits per heavy atom. The van der Waals surface area contributed by atoms with E-state index in [4.69, 9.17) is 5.73 Å². The van der Waals surface area contributed by atoms with Gasteiger partial charge >= 0.3 is 0 Å². The number of rotatable bonds is 1. The quantitative estimate of drug-likeness (QED) is 0.799. The van der Waals surface area contributed by atoms with Crippen LogP contribution in [0.1, 0.15) is 5.56 Å². The molecule has 0 spiro atoms. The van der Waals surface area contributed by atoms with Crippen molar-refractivity contribution in [2.75, 3.05) is 5.75 Å². The monoisotopic (exact) mass is 226 g/mol. The fraction of sp³-hybridized carbons (Fsp3) is 0.100. The van der Waals surface area contributed by atoms with Gasteiger partial charge in [-0.15, -0.1) is 12.4 Å². The first-order valence-corrected chi connectivity index (χ1v) is 5.07. The molecule has 74 valence electrons. The van der Waals surface area contributed by atoms with Crippen molar-refractivity contribution in [3.05, 3.63) is 42.0 Å². The molecule has 0 saturated carbocycles. The Morgan fingerprint density at radius 1 is 1.21 bits per heavy atom. The largest absolute Gasteiger partial charge is 0.378 e. The predicted octanol–water partition coefficient (Wildman–Crippen LogP) is 2.51. The van der Waals surface area contributed by atoms with E-state index in [9.17, 15) is 0 Å². The zero-order chi connectivity index (χ0) is 9.10. The highest BCUT2D eigenvalue weighted by Crippen LogP contribution is 2.21. The molecule has 0 saturated heterocycles. The number of hydrogen-bond acceptors (Lipinski definition) is 3. The van der Waals surface area contributed by atoms with E-state index in [-0.39, 0.29) is 12.4 Å². The van der Waals surface area contributed by atoms with E-state index in [0.29, 0.717) is 5.17 Å². The first-order chi connectivity index (χ1) is 6.36. The summed E-state index contributed by atoms with van der Waals surface area (Å²) in [4.78, 5) is 4.27. The molecular weight excluding hydrogens is 216 g/mol. The van der Waals surface area contributed by atoms with Crippen molar-refractivity contribution in [3.63, 3.8) is 0 Å². The van der Waals surface area contributed by atoms with Crippen molar-refractivity contribution >= 4 is 35.0 Å². The number of nitrogens with zero attached hydrogens (tertiary/aromatic N) is 1. The summed E-state index contributed by atoms with van der Waals surface area (Å²) in [6, 6.07) is 10.1. The van der Waals surface area contributed by atoms with Gasteiger partial charge in [0, 0.05) is 5.75 Å². The number of hydrogen-bond donors (Lipinski definition) is 1. The van der Waals surface area contributed by atoms with Crippen LogP contribution in [0.3, 0.4) is 0 Å². The van der Waals surface area contributed by atoms with Gasteiger partial charge in [0.05, 0.1) is 5.70 Å². The Bertz CT molecular complexity index is 360. The van der Waals surface area contributed by atoms with Crippen molar-refractivity contribution in [1.29, 1.82) is 0 Å². The second kappa shape index (κ2) is 5.08. The van der Waals surface area contributed by atoms with E-state index in [0.717, 1.165) is 17.0 Å². The highest BCUT2D eigenvalue weighted by Gasteiger charge is 2.05. The number of amidine groups is 1. The fourth-order valence-electron chi connectivity index (χ4n) is 1.19. The molecule has 2 N–H and O–H groups in total. The molecule has 0 atom stereocenters. The van der Waals surface area contributed by atoms with E-state index >= 15 is 0 Å². The number of aliphatic imine (C=N–C) groups is 1. The van der Waals surface area contributed by atoms with Crippen LogP contribution in [0.2, 0.25) is 0 Å². The lowest BCUT2D eigenvalue weighted by atomic mass is 10.1. The van der Waals surface area contributed by atoms with Crippen LogP contribution in [0, 0.1) is 0 Å². The van der Waals surface area contributed by atoms with Gasteiger partial charge < -0.3 is 5.73 Å². The third-order valence-corrected chi connectivity index (χ3v) is 2.53. The molecule has 0 aliphatic carbocycles. The van der Waals surface area contributed by atoms with E-state index in [1.165, 1.54) is 0 Å². The molecule has 1 aliphatic rings. The van der Waals surface area contributed by atoms with Crippen LogP contribution in [0.25, 0.3) is 5.70 Å². The molecule has 0 unspecified atom stereocenters. The molecule has 0 amide bonds. The van der Waals surface area contributed by atoms with Gasteiger partial charge in [-0.3, -0.25) is 0 Å². The zero-order valence-corrected chi connectivity index (χ0v) is 9.15. The average Bonchev–Trinajstić information content (AvgIpc) is 2.19. The molecule has 4 heteroatoms. The lowest BCUT2D eigenvalue weighted by Gasteiger charge is -2.08. The highest BCUT2D eigenvalue weighted by molar-refractivity contribution is 8.14. The average molecular weight is 227 g/mol. The van der Waals surface area contributed by atoms with Crippen LogP contribution in [-0.4, -0.2) is 10.9 Å². The third-order valence-electron chi connectivity index (χ3n) is 1.81. The maximum atomic E-state index is 5.63. The molecule has 2 rings (SSSR count). The van der Waals surface area contributed by atoms with Gasteiger partial charge in [0.1, 0.15) is 0 Å². The van der Waals surface area contributed by atoms with E-state index in [1.54, 1.807) is 11.8 Å². The second-order valence-corrected chi connectivity index (χ2v) is 3.76. The Hall–Kier alpha value is -0.930. The topological polar surface area (TPSA) is 38.4 Å². The third kappa shape index (κ3) is 2.53. The van der Waals surface area contributed by atoms with Crippen molar-refractivity contribution in [3.8, 4) is 0 Å². The lowest BCUT2D eigenvalue weighted by molar-refractivity contribution is 1.46. The first kappa shape index (κ1) is 11.1. The molecule has 2 nitrogen and oxygen atoms in total. The minimum absolute atomic E-state index is 0. The Kier molecular flexibility index (Phi) is 4.04. The van der Waals surface area contributed by atoms with Gasteiger partial charge in [-0.1, -0.05) is 42.1 Å². The van der Waals surface area contributed by atoms with Crippen molar-refractivity contribution in [2.24, 2.45) is 10.7 Å². The van der Waals surface area contributed by atoms with Gasteiger partial charge in [-0.2, -0.15) is 0 Å². The lowest BCUT2D eigenvalue weighted by Crippen LogP contribution is -2.09. The van der Waals surface area contributed by atoms with Crippen LogP contribution >= 0.6 is 24.2 Å². The van der Waals surface area contributed by atoms with Crippen LogP contribution in [0.5, 0.6) is 0 Å². The summed E-state index contributed by atoms with van der Waals surface area (Å²) in [6.07, 6.45) is 2.09. The maximum Gasteiger partial charge on any atom is 0.159 e. The summed E-state index contributed by atoms with van der Waals surface area (Å²) >= 11 is 1.57. The Labute approximate surface area is 93.7 Å². The van der Waals surface area contributed by atoms with E-state index in [1.807, 2.05) is 30.3 Å². The van der Waals surface area contributed by atoms with Crippen molar-refractivity contribution < 1.29 is 0 Å². The summed E-state index contributed by atoms with van der Waals surface area (Å²) in [5.74, 6) is 0.916. The van der Waals surface area contributed by atoms with Gasteiger partial charge in [0.2, 0.25) is 0 Å². The molecule has 0 fully saturated rings. The van der Waals surface area contributed by atoms with Gasteiger partial charge in [0.25, 0.3) is 0 Å². The minimum atomic E-state index is 0.